The second kappa shape index (κ2) is 7.91. The summed E-state index contributed by atoms with van der Waals surface area (Å²) in [6, 6.07) is 15.2. The maximum atomic E-state index is 12.6. The first kappa shape index (κ1) is 19.1. The summed E-state index contributed by atoms with van der Waals surface area (Å²) in [5, 5.41) is 2.56. The van der Waals surface area contributed by atoms with Crippen molar-refractivity contribution in [1.82, 2.24) is 0 Å². The molecule has 0 saturated heterocycles. The lowest BCUT2D eigenvalue weighted by atomic mass is 10.1. The van der Waals surface area contributed by atoms with Crippen LogP contribution in [-0.4, -0.2) is 11.8 Å². The number of halogens is 3. The summed E-state index contributed by atoms with van der Waals surface area (Å²) < 4.78 is 39.1. The summed E-state index contributed by atoms with van der Waals surface area (Å²) in [4.78, 5) is 24.3. The molecule has 1 N–H and O–H groups in total. The van der Waals surface area contributed by atoms with Crippen LogP contribution in [0.3, 0.4) is 0 Å². The Labute approximate surface area is 158 Å². The van der Waals surface area contributed by atoms with E-state index >= 15 is 0 Å². The van der Waals surface area contributed by atoms with Crippen LogP contribution in [0.1, 0.15) is 26.3 Å². The van der Waals surface area contributed by atoms with E-state index in [1.54, 1.807) is 30.6 Å². The standard InChI is InChI=1S/C20H14F3N3O2/c21-20(22,23)16-8-4-14(5-9-16)18(27)24-17-10-6-15(7-11-17)19(28)25-26-12-2-1-3-13-26/h1-13H,(H,24,27). The van der Waals surface area contributed by atoms with Gasteiger partial charge in [-0.3, -0.25) is 4.79 Å². The van der Waals surface area contributed by atoms with Gasteiger partial charge in [-0.25, -0.2) is 4.68 Å². The number of hydrogen-bond acceptors (Lipinski definition) is 2. The zero-order chi connectivity index (χ0) is 20.1. The Morgan fingerprint density at radius 2 is 1.39 bits per heavy atom. The monoisotopic (exact) mass is 385 g/mol. The van der Waals surface area contributed by atoms with Gasteiger partial charge in [-0.05, 0) is 36.4 Å². The third-order valence-electron chi connectivity index (χ3n) is 3.77. The topological polar surface area (TPSA) is 64.2 Å². The van der Waals surface area contributed by atoms with Crippen LogP contribution < -0.4 is 9.99 Å². The molecule has 1 heterocycles. The molecule has 0 atom stereocenters. The van der Waals surface area contributed by atoms with E-state index in [-0.39, 0.29) is 5.56 Å². The molecule has 28 heavy (non-hydrogen) atoms. The Kier molecular flexibility index (Phi) is 5.39. The number of aromatic nitrogens is 1. The molecule has 142 valence electrons. The zero-order valence-corrected chi connectivity index (χ0v) is 14.4. The first-order valence-electron chi connectivity index (χ1n) is 8.14. The number of carbonyl (C=O) groups is 2. The molecule has 0 aliphatic heterocycles. The quantitative estimate of drug-likeness (QED) is 0.684. The Morgan fingerprint density at radius 1 is 0.821 bits per heavy atom. The number of nitrogens with one attached hydrogen (secondary N) is 1. The average molecular weight is 385 g/mol. The molecule has 0 aliphatic rings. The van der Waals surface area contributed by atoms with Crippen molar-refractivity contribution in [2.24, 2.45) is 0 Å². The Balaban J connectivity index is 1.63. The molecular weight excluding hydrogens is 371 g/mol. The number of hydrogen-bond donors (Lipinski definition) is 1. The summed E-state index contributed by atoms with van der Waals surface area (Å²) in [7, 11) is 0. The van der Waals surface area contributed by atoms with Gasteiger partial charge in [0.1, 0.15) is 5.91 Å². The Hall–Kier alpha value is -3.68. The fourth-order valence-electron chi connectivity index (χ4n) is 2.33. The number of anilines is 1. The molecular formula is C20H14F3N3O2. The minimum absolute atomic E-state index is 0.0867. The van der Waals surface area contributed by atoms with Gasteiger partial charge in [0.25, 0.3) is 5.91 Å². The summed E-state index contributed by atoms with van der Waals surface area (Å²) in [5.41, 5.74) is 3.87. The first-order valence-corrected chi connectivity index (χ1v) is 8.14. The molecule has 2 amide bonds. The van der Waals surface area contributed by atoms with Crippen LogP contribution in [0.4, 0.5) is 18.9 Å². The van der Waals surface area contributed by atoms with Gasteiger partial charge in [-0.15, -0.1) is 0 Å². The van der Waals surface area contributed by atoms with Gasteiger partial charge < -0.3 is 15.5 Å². The maximum absolute atomic E-state index is 12.6. The lowest BCUT2D eigenvalue weighted by Gasteiger charge is -2.12. The molecule has 0 unspecified atom stereocenters. The van der Waals surface area contributed by atoms with Crippen molar-refractivity contribution < 1.29 is 27.4 Å². The van der Waals surface area contributed by atoms with Gasteiger partial charge in [0.05, 0.1) is 5.56 Å². The largest absolute Gasteiger partial charge is 0.416 e. The summed E-state index contributed by atoms with van der Waals surface area (Å²) >= 11 is 0. The number of nitrogens with zero attached hydrogens (tertiary/aromatic N) is 2. The van der Waals surface area contributed by atoms with Crippen LogP contribution in [0.2, 0.25) is 0 Å². The second-order valence-corrected chi connectivity index (χ2v) is 5.77. The smallest absolute Gasteiger partial charge is 0.367 e. The zero-order valence-electron chi connectivity index (χ0n) is 14.4. The van der Waals surface area contributed by atoms with Crippen LogP contribution in [0.25, 0.3) is 5.43 Å². The molecule has 5 nitrogen and oxygen atoms in total. The highest BCUT2D eigenvalue weighted by Crippen LogP contribution is 2.29. The summed E-state index contributed by atoms with van der Waals surface area (Å²) in [6.45, 7) is 0. The molecule has 0 radical (unpaired) electrons. The second-order valence-electron chi connectivity index (χ2n) is 5.77. The highest BCUT2D eigenvalue weighted by Gasteiger charge is 2.30. The predicted octanol–water partition coefficient (Wildman–Crippen LogP) is 4.22. The molecule has 0 saturated carbocycles. The average Bonchev–Trinajstić information content (AvgIpc) is 2.68. The number of rotatable bonds is 4. The van der Waals surface area contributed by atoms with Crippen LogP contribution >= 0.6 is 0 Å². The first-order chi connectivity index (χ1) is 13.3. The van der Waals surface area contributed by atoms with Gasteiger partial charge in [-0.1, -0.05) is 18.2 Å². The van der Waals surface area contributed by atoms with Crippen LogP contribution in [0, 0.1) is 0 Å². The minimum Gasteiger partial charge on any atom is -0.367 e. The van der Waals surface area contributed by atoms with Gasteiger partial charge in [0, 0.05) is 28.9 Å². The number of alkyl halides is 3. The summed E-state index contributed by atoms with van der Waals surface area (Å²) in [6.07, 6.45) is -1.21. The van der Waals surface area contributed by atoms with Crippen molar-refractivity contribution in [3.63, 3.8) is 0 Å². The van der Waals surface area contributed by atoms with Gasteiger partial charge in [-0.2, -0.15) is 13.2 Å². The normalized spacial score (nSPS) is 11.0. The SMILES string of the molecule is O=C([N-][n+]1ccccc1)c1ccc(NC(=O)c2ccc(C(F)(F)F)cc2)cc1. The van der Waals surface area contributed by atoms with E-state index in [0.717, 1.165) is 24.3 Å². The van der Waals surface area contributed by atoms with Crippen molar-refractivity contribution in [2.75, 3.05) is 5.32 Å². The third-order valence-corrected chi connectivity index (χ3v) is 3.77. The Bertz CT molecular complexity index is 970. The van der Waals surface area contributed by atoms with E-state index < -0.39 is 23.6 Å². The van der Waals surface area contributed by atoms with E-state index in [1.807, 2.05) is 0 Å². The molecule has 8 heteroatoms. The van der Waals surface area contributed by atoms with E-state index in [9.17, 15) is 22.8 Å². The third kappa shape index (κ3) is 4.73. The van der Waals surface area contributed by atoms with E-state index in [4.69, 9.17) is 0 Å². The molecule has 0 bridgehead atoms. The lowest BCUT2D eigenvalue weighted by molar-refractivity contribution is -0.617. The fourth-order valence-corrected chi connectivity index (χ4v) is 2.33. The number of benzene rings is 2. The molecule has 0 fully saturated rings. The molecule has 0 spiro atoms. The molecule has 2 aromatic carbocycles. The van der Waals surface area contributed by atoms with Gasteiger partial charge in [0.15, 0.2) is 12.4 Å². The maximum Gasteiger partial charge on any atom is 0.416 e. The Morgan fingerprint density at radius 3 is 1.96 bits per heavy atom. The van der Waals surface area contributed by atoms with E-state index in [1.165, 1.54) is 28.9 Å². The van der Waals surface area contributed by atoms with Gasteiger partial charge >= 0.3 is 6.18 Å². The number of amides is 2. The molecule has 3 rings (SSSR count). The van der Waals surface area contributed by atoms with Crippen molar-refractivity contribution >= 4 is 17.5 Å². The fraction of sp³-hybridized carbons (Fsp3) is 0.0500. The van der Waals surface area contributed by atoms with E-state index in [2.05, 4.69) is 10.7 Å². The van der Waals surface area contributed by atoms with Crippen molar-refractivity contribution in [2.45, 2.75) is 6.18 Å². The van der Waals surface area contributed by atoms with Crippen molar-refractivity contribution in [1.29, 1.82) is 0 Å². The molecule has 3 aromatic rings. The van der Waals surface area contributed by atoms with Crippen molar-refractivity contribution in [3.05, 3.63) is 101 Å². The minimum atomic E-state index is -4.46. The highest BCUT2D eigenvalue weighted by atomic mass is 19.4. The number of pyridine rings is 1. The molecule has 1 aromatic heterocycles. The lowest BCUT2D eigenvalue weighted by Crippen LogP contribution is -2.30. The van der Waals surface area contributed by atoms with E-state index in [0.29, 0.717) is 11.3 Å². The molecule has 0 aliphatic carbocycles. The number of carbonyl (C=O) groups excluding carboxylic acids is 2. The summed E-state index contributed by atoms with van der Waals surface area (Å²) in [5.74, 6) is -1.02. The van der Waals surface area contributed by atoms with Crippen LogP contribution in [-0.2, 0) is 6.18 Å². The predicted molar refractivity (Wildman–Crippen MR) is 95.6 cm³/mol. The van der Waals surface area contributed by atoms with Crippen LogP contribution in [0.15, 0.2) is 79.1 Å². The van der Waals surface area contributed by atoms with Crippen molar-refractivity contribution in [3.8, 4) is 0 Å². The van der Waals surface area contributed by atoms with Gasteiger partial charge in [0.2, 0.25) is 0 Å². The van der Waals surface area contributed by atoms with Crippen LogP contribution in [0.5, 0.6) is 0 Å². The highest BCUT2D eigenvalue weighted by molar-refractivity contribution is 6.05.